The molecule has 2 atom stereocenters. The van der Waals surface area contributed by atoms with E-state index in [0.717, 1.165) is 30.8 Å². The molecule has 0 saturated heterocycles. The number of hydrogen-bond acceptors (Lipinski definition) is 3. The third-order valence-electron chi connectivity index (χ3n) is 3.64. The Labute approximate surface area is 122 Å². The summed E-state index contributed by atoms with van der Waals surface area (Å²) in [4.78, 5) is 0. The van der Waals surface area contributed by atoms with Crippen molar-refractivity contribution in [2.45, 2.75) is 59.1 Å². The summed E-state index contributed by atoms with van der Waals surface area (Å²) in [6.07, 6.45) is 3.10. The molecule has 3 nitrogen and oxygen atoms in total. The van der Waals surface area contributed by atoms with Gasteiger partial charge in [0.1, 0.15) is 17.6 Å². The fraction of sp³-hybridized carbons (Fsp3) is 0.647. The lowest BCUT2D eigenvalue weighted by atomic mass is 9.96. The van der Waals surface area contributed by atoms with Crippen molar-refractivity contribution in [3.63, 3.8) is 0 Å². The van der Waals surface area contributed by atoms with Crippen molar-refractivity contribution in [1.82, 2.24) is 0 Å². The van der Waals surface area contributed by atoms with Crippen LogP contribution in [0.15, 0.2) is 12.1 Å². The lowest BCUT2D eigenvalue weighted by Gasteiger charge is -2.17. The summed E-state index contributed by atoms with van der Waals surface area (Å²) >= 11 is 0. The molecular weight excluding hydrogens is 250 g/mol. The van der Waals surface area contributed by atoms with Crippen LogP contribution >= 0.6 is 0 Å². The number of fused-ring (bicyclic) bond motifs is 1. The van der Waals surface area contributed by atoms with Crippen LogP contribution in [0.4, 0.5) is 0 Å². The van der Waals surface area contributed by atoms with Crippen LogP contribution in [0.2, 0.25) is 0 Å². The van der Waals surface area contributed by atoms with E-state index < -0.39 is 0 Å². The molecule has 0 aliphatic carbocycles. The summed E-state index contributed by atoms with van der Waals surface area (Å²) in [5, 5.41) is 0. The first-order chi connectivity index (χ1) is 9.49. The molecule has 0 spiro atoms. The second-order valence-electron chi connectivity index (χ2n) is 6.23. The lowest BCUT2D eigenvalue weighted by Crippen LogP contribution is -2.25. The number of nitrogens with two attached hydrogens (primary N) is 1. The van der Waals surface area contributed by atoms with Gasteiger partial charge in [0.05, 0.1) is 6.61 Å². The standard InChI is InChI=1S/C17H27NO2/c1-5-19-16-9-13-7-12(4)20-17(13)10-14(16)8-15(18)6-11(2)3/h9-12,15H,5-8,18H2,1-4H3. The quantitative estimate of drug-likeness (QED) is 0.867. The van der Waals surface area contributed by atoms with Crippen LogP contribution in [-0.2, 0) is 12.8 Å². The average Bonchev–Trinajstić information content (AvgIpc) is 2.68. The summed E-state index contributed by atoms with van der Waals surface area (Å²) in [5.41, 5.74) is 8.67. The van der Waals surface area contributed by atoms with Crippen molar-refractivity contribution in [2.24, 2.45) is 11.7 Å². The molecular formula is C17H27NO2. The Morgan fingerprint density at radius 3 is 2.80 bits per heavy atom. The lowest BCUT2D eigenvalue weighted by molar-refractivity contribution is 0.254. The Balaban J connectivity index is 2.20. The average molecular weight is 277 g/mol. The van der Waals surface area contributed by atoms with Crippen LogP contribution in [-0.4, -0.2) is 18.8 Å². The summed E-state index contributed by atoms with van der Waals surface area (Å²) in [7, 11) is 0. The van der Waals surface area contributed by atoms with Gasteiger partial charge in [0.2, 0.25) is 0 Å². The number of rotatable bonds is 6. The Hall–Kier alpha value is -1.22. The van der Waals surface area contributed by atoms with Gasteiger partial charge >= 0.3 is 0 Å². The van der Waals surface area contributed by atoms with E-state index in [2.05, 4.69) is 32.9 Å². The largest absolute Gasteiger partial charge is 0.494 e. The maximum Gasteiger partial charge on any atom is 0.123 e. The second kappa shape index (κ2) is 6.49. The van der Waals surface area contributed by atoms with E-state index in [-0.39, 0.29) is 12.1 Å². The first-order valence-electron chi connectivity index (χ1n) is 7.70. The number of benzene rings is 1. The molecule has 1 aromatic carbocycles. The normalized spacial score (nSPS) is 18.8. The van der Waals surface area contributed by atoms with E-state index in [0.29, 0.717) is 12.5 Å². The van der Waals surface area contributed by atoms with Crippen LogP contribution < -0.4 is 15.2 Å². The van der Waals surface area contributed by atoms with Crippen LogP contribution in [0.25, 0.3) is 0 Å². The van der Waals surface area contributed by atoms with Crippen molar-refractivity contribution < 1.29 is 9.47 Å². The van der Waals surface area contributed by atoms with Gasteiger partial charge in [0.25, 0.3) is 0 Å². The van der Waals surface area contributed by atoms with E-state index in [1.807, 2.05) is 6.92 Å². The van der Waals surface area contributed by atoms with Gasteiger partial charge in [0, 0.05) is 18.0 Å². The third-order valence-corrected chi connectivity index (χ3v) is 3.64. The molecule has 0 amide bonds. The molecule has 0 radical (unpaired) electrons. The minimum atomic E-state index is 0.172. The highest BCUT2D eigenvalue weighted by Gasteiger charge is 2.22. The maximum absolute atomic E-state index is 6.25. The summed E-state index contributed by atoms with van der Waals surface area (Å²) in [5.74, 6) is 2.60. The molecule has 1 aliphatic heterocycles. The van der Waals surface area contributed by atoms with E-state index in [9.17, 15) is 0 Å². The van der Waals surface area contributed by atoms with Gasteiger partial charge in [-0.2, -0.15) is 0 Å². The van der Waals surface area contributed by atoms with E-state index >= 15 is 0 Å². The predicted octanol–water partition coefficient (Wildman–Crippen LogP) is 3.32. The van der Waals surface area contributed by atoms with Crippen molar-refractivity contribution in [3.05, 3.63) is 23.3 Å². The zero-order valence-corrected chi connectivity index (χ0v) is 13.1. The molecule has 2 rings (SSSR count). The highest BCUT2D eigenvalue weighted by molar-refractivity contribution is 5.49. The topological polar surface area (TPSA) is 44.5 Å². The smallest absolute Gasteiger partial charge is 0.123 e. The minimum Gasteiger partial charge on any atom is -0.494 e. The molecule has 20 heavy (non-hydrogen) atoms. The van der Waals surface area contributed by atoms with Crippen LogP contribution in [0, 0.1) is 5.92 Å². The molecule has 2 N–H and O–H groups in total. The van der Waals surface area contributed by atoms with Crippen molar-refractivity contribution in [3.8, 4) is 11.5 Å². The van der Waals surface area contributed by atoms with Crippen molar-refractivity contribution in [1.29, 1.82) is 0 Å². The zero-order chi connectivity index (χ0) is 14.7. The van der Waals surface area contributed by atoms with E-state index in [1.165, 1.54) is 11.1 Å². The first-order valence-corrected chi connectivity index (χ1v) is 7.70. The number of ether oxygens (including phenoxy) is 2. The summed E-state index contributed by atoms with van der Waals surface area (Å²) < 4.78 is 11.6. The Bertz CT molecular complexity index is 457. The van der Waals surface area contributed by atoms with Gasteiger partial charge in [-0.1, -0.05) is 13.8 Å². The Morgan fingerprint density at radius 1 is 1.40 bits per heavy atom. The maximum atomic E-state index is 6.25. The first kappa shape index (κ1) is 15.2. The molecule has 0 bridgehead atoms. The van der Waals surface area contributed by atoms with Gasteiger partial charge in [-0.15, -0.1) is 0 Å². The molecule has 2 unspecified atom stereocenters. The highest BCUT2D eigenvalue weighted by Crippen LogP contribution is 2.35. The van der Waals surface area contributed by atoms with Crippen LogP contribution in [0.1, 0.15) is 45.2 Å². The number of hydrogen-bond donors (Lipinski definition) is 1. The van der Waals surface area contributed by atoms with Gasteiger partial charge in [-0.25, -0.2) is 0 Å². The zero-order valence-electron chi connectivity index (χ0n) is 13.1. The minimum absolute atomic E-state index is 0.172. The van der Waals surface area contributed by atoms with Gasteiger partial charge < -0.3 is 15.2 Å². The fourth-order valence-electron chi connectivity index (χ4n) is 2.90. The van der Waals surface area contributed by atoms with Crippen molar-refractivity contribution >= 4 is 0 Å². The molecule has 0 saturated carbocycles. The third kappa shape index (κ3) is 3.66. The SMILES string of the molecule is CCOc1cc2c(cc1CC(N)CC(C)C)OC(C)C2. The molecule has 0 aromatic heterocycles. The highest BCUT2D eigenvalue weighted by atomic mass is 16.5. The molecule has 3 heteroatoms. The van der Waals surface area contributed by atoms with Gasteiger partial charge in [-0.05, 0) is 50.3 Å². The fourth-order valence-corrected chi connectivity index (χ4v) is 2.90. The van der Waals surface area contributed by atoms with Crippen LogP contribution in [0.3, 0.4) is 0 Å². The van der Waals surface area contributed by atoms with Gasteiger partial charge in [-0.3, -0.25) is 0 Å². The summed E-state index contributed by atoms with van der Waals surface area (Å²) in [6, 6.07) is 4.44. The van der Waals surface area contributed by atoms with E-state index in [4.69, 9.17) is 15.2 Å². The van der Waals surface area contributed by atoms with Crippen molar-refractivity contribution in [2.75, 3.05) is 6.61 Å². The monoisotopic (exact) mass is 277 g/mol. The predicted molar refractivity (Wildman–Crippen MR) is 82.5 cm³/mol. The Morgan fingerprint density at radius 2 is 2.15 bits per heavy atom. The van der Waals surface area contributed by atoms with Gasteiger partial charge in [0.15, 0.2) is 0 Å². The molecule has 1 heterocycles. The summed E-state index contributed by atoms with van der Waals surface area (Å²) in [6.45, 7) is 9.21. The van der Waals surface area contributed by atoms with Crippen LogP contribution in [0.5, 0.6) is 11.5 Å². The second-order valence-corrected chi connectivity index (χ2v) is 6.23. The Kier molecular flexibility index (Phi) is 4.92. The molecule has 0 fully saturated rings. The molecule has 1 aromatic rings. The molecule has 112 valence electrons. The molecule has 1 aliphatic rings. The van der Waals surface area contributed by atoms with E-state index in [1.54, 1.807) is 0 Å².